The molecule has 0 fully saturated rings. The Morgan fingerprint density at radius 2 is 1.18 bits per heavy atom. The molecule has 3 aromatic heterocycles. The largest absolute Gasteiger partial charge is 0.455 e. The van der Waals surface area contributed by atoms with Crippen molar-refractivity contribution in [2.75, 3.05) is 0 Å². The molecule has 182 valence electrons. The summed E-state index contributed by atoms with van der Waals surface area (Å²) in [6.07, 6.45) is 0. The summed E-state index contributed by atoms with van der Waals surface area (Å²) in [7, 11) is 0. The van der Waals surface area contributed by atoms with Crippen LogP contribution in [0, 0.1) is 0 Å². The third-order valence-electron chi connectivity index (χ3n) is 7.99. The number of para-hydroxylation sites is 2. The summed E-state index contributed by atoms with van der Waals surface area (Å²) >= 11 is 1.88. The Balaban J connectivity index is 1.50. The minimum absolute atomic E-state index is 0.931. The topological polar surface area (TPSA) is 18.1 Å². The van der Waals surface area contributed by atoms with E-state index in [-0.39, 0.29) is 0 Å². The zero-order chi connectivity index (χ0) is 25.5. The van der Waals surface area contributed by atoms with Crippen molar-refractivity contribution in [1.29, 1.82) is 0 Å². The first kappa shape index (κ1) is 21.1. The van der Waals surface area contributed by atoms with Gasteiger partial charge in [0.05, 0.1) is 21.1 Å². The quantitative estimate of drug-likeness (QED) is 0.224. The van der Waals surface area contributed by atoms with Gasteiger partial charge in [-0.2, -0.15) is 0 Å². The number of rotatable bonds is 2. The molecule has 0 atom stereocenters. The Hall–Kier alpha value is -4.86. The summed E-state index contributed by atoms with van der Waals surface area (Å²) in [4.78, 5) is 0. The van der Waals surface area contributed by atoms with E-state index in [0.717, 1.165) is 16.9 Å². The average Bonchev–Trinajstić information content (AvgIpc) is 3.67. The normalized spacial score (nSPS) is 12.1. The third kappa shape index (κ3) is 2.85. The second-order valence-electron chi connectivity index (χ2n) is 10.1. The second kappa shape index (κ2) is 7.83. The van der Waals surface area contributed by atoms with Crippen molar-refractivity contribution < 1.29 is 4.42 Å². The van der Waals surface area contributed by atoms with Crippen LogP contribution >= 0.6 is 11.3 Å². The summed E-state index contributed by atoms with van der Waals surface area (Å²) in [5.74, 6) is 0. The van der Waals surface area contributed by atoms with E-state index < -0.39 is 0 Å². The number of thiophene rings is 1. The van der Waals surface area contributed by atoms with Crippen LogP contribution in [-0.4, -0.2) is 4.57 Å². The summed E-state index contributed by atoms with van der Waals surface area (Å²) in [5, 5.41) is 7.35. The van der Waals surface area contributed by atoms with Crippen LogP contribution in [0.25, 0.3) is 80.7 Å². The zero-order valence-electron chi connectivity index (χ0n) is 20.9. The molecule has 3 heterocycles. The summed E-state index contributed by atoms with van der Waals surface area (Å²) in [6, 6.07) is 45.5. The number of benzene rings is 6. The average molecular weight is 516 g/mol. The maximum Gasteiger partial charge on any atom is 0.146 e. The molecule has 39 heavy (non-hydrogen) atoms. The van der Waals surface area contributed by atoms with E-state index >= 15 is 0 Å². The number of furan rings is 1. The van der Waals surface area contributed by atoms with Gasteiger partial charge in [-0.3, -0.25) is 0 Å². The fourth-order valence-corrected chi connectivity index (χ4v) is 7.57. The molecule has 0 amide bonds. The summed E-state index contributed by atoms with van der Waals surface area (Å²) in [6.45, 7) is 0. The predicted octanol–water partition coefficient (Wildman–Crippen LogP) is 10.7. The smallest absolute Gasteiger partial charge is 0.146 e. The molecule has 9 aromatic rings. The molecule has 0 bridgehead atoms. The summed E-state index contributed by atoms with van der Waals surface area (Å²) < 4.78 is 11.7. The first-order valence-corrected chi connectivity index (χ1v) is 14.0. The first-order chi connectivity index (χ1) is 19.4. The van der Waals surface area contributed by atoms with Gasteiger partial charge in [0.25, 0.3) is 0 Å². The Morgan fingerprint density at radius 3 is 2.03 bits per heavy atom. The molecule has 0 aliphatic heterocycles. The van der Waals surface area contributed by atoms with Gasteiger partial charge in [-0.05, 0) is 41.5 Å². The van der Waals surface area contributed by atoms with E-state index in [1.54, 1.807) is 0 Å². The van der Waals surface area contributed by atoms with Gasteiger partial charge in [-0.1, -0.05) is 97.1 Å². The van der Waals surface area contributed by atoms with Gasteiger partial charge >= 0.3 is 0 Å². The van der Waals surface area contributed by atoms with Crippen LogP contribution in [0.5, 0.6) is 0 Å². The molecule has 0 spiro atoms. The highest BCUT2D eigenvalue weighted by Gasteiger charge is 2.25. The van der Waals surface area contributed by atoms with Crippen molar-refractivity contribution in [3.63, 3.8) is 0 Å². The molecular weight excluding hydrogens is 494 g/mol. The van der Waals surface area contributed by atoms with Crippen LogP contribution in [0.15, 0.2) is 132 Å². The second-order valence-corrected chi connectivity index (χ2v) is 11.1. The molecule has 3 heteroatoms. The molecule has 2 nitrogen and oxygen atoms in total. The van der Waals surface area contributed by atoms with Gasteiger partial charge in [-0.15, -0.1) is 11.3 Å². The number of aromatic nitrogens is 1. The molecule has 0 aliphatic rings. The molecule has 0 aliphatic carbocycles. The predicted molar refractivity (Wildman–Crippen MR) is 166 cm³/mol. The van der Waals surface area contributed by atoms with Crippen molar-refractivity contribution in [2.45, 2.75) is 0 Å². The molecule has 0 saturated heterocycles. The maximum absolute atomic E-state index is 6.72. The number of nitrogens with zero attached hydrogens (tertiary/aromatic N) is 1. The highest BCUT2D eigenvalue weighted by Crippen LogP contribution is 2.50. The highest BCUT2D eigenvalue weighted by atomic mass is 32.1. The zero-order valence-corrected chi connectivity index (χ0v) is 21.7. The maximum atomic E-state index is 6.72. The van der Waals surface area contributed by atoms with Crippen molar-refractivity contribution in [3.8, 4) is 16.8 Å². The lowest BCUT2D eigenvalue weighted by Crippen LogP contribution is -1.94. The SMILES string of the molecule is c1ccc(-c2ccc(-n3c4ccccc4c4c5oc6ccccc6c5c5c6ccccc6sc5c43)cc2)cc1. The number of fused-ring (bicyclic) bond motifs is 12. The van der Waals surface area contributed by atoms with Crippen LogP contribution in [-0.2, 0) is 0 Å². The van der Waals surface area contributed by atoms with Crippen LogP contribution in [0.1, 0.15) is 0 Å². The highest BCUT2D eigenvalue weighted by molar-refractivity contribution is 7.27. The standard InChI is InChI=1S/C36H21NOS/c1-2-10-22(11-3-1)23-18-20-24(21-19-23)37-28-15-7-4-12-25(28)33-34(37)36-32(27-14-6-9-17-30(27)39-36)31-26-13-5-8-16-29(26)38-35(31)33/h1-21H. The van der Waals surface area contributed by atoms with Crippen LogP contribution in [0.2, 0.25) is 0 Å². The van der Waals surface area contributed by atoms with Crippen LogP contribution in [0.4, 0.5) is 0 Å². The molecule has 6 aromatic carbocycles. The summed E-state index contributed by atoms with van der Waals surface area (Å²) in [5.41, 5.74) is 7.89. The van der Waals surface area contributed by atoms with Gasteiger partial charge in [-0.25, -0.2) is 0 Å². The minimum Gasteiger partial charge on any atom is -0.455 e. The minimum atomic E-state index is 0.931. The Morgan fingerprint density at radius 1 is 0.513 bits per heavy atom. The van der Waals surface area contributed by atoms with Crippen molar-refractivity contribution >= 4 is 75.3 Å². The van der Waals surface area contributed by atoms with E-state index in [1.165, 1.54) is 63.9 Å². The first-order valence-electron chi connectivity index (χ1n) is 13.2. The lowest BCUT2D eigenvalue weighted by molar-refractivity contribution is 0.673. The van der Waals surface area contributed by atoms with E-state index in [0.29, 0.717) is 0 Å². The van der Waals surface area contributed by atoms with E-state index in [1.807, 2.05) is 11.3 Å². The van der Waals surface area contributed by atoms with E-state index in [9.17, 15) is 0 Å². The van der Waals surface area contributed by atoms with Crippen LogP contribution in [0.3, 0.4) is 0 Å². The van der Waals surface area contributed by atoms with Gasteiger partial charge < -0.3 is 8.98 Å². The van der Waals surface area contributed by atoms with E-state index in [2.05, 4.69) is 132 Å². The van der Waals surface area contributed by atoms with E-state index in [4.69, 9.17) is 4.42 Å². The Kier molecular flexibility index (Phi) is 4.24. The van der Waals surface area contributed by atoms with Gasteiger partial charge in [0.2, 0.25) is 0 Å². The Labute approximate surface area is 227 Å². The van der Waals surface area contributed by atoms with Gasteiger partial charge in [0.1, 0.15) is 11.2 Å². The number of hydrogen-bond acceptors (Lipinski definition) is 2. The monoisotopic (exact) mass is 515 g/mol. The molecule has 0 radical (unpaired) electrons. The van der Waals surface area contributed by atoms with Crippen molar-refractivity contribution in [1.82, 2.24) is 4.57 Å². The van der Waals surface area contributed by atoms with Crippen molar-refractivity contribution in [2.24, 2.45) is 0 Å². The molecule has 0 N–H and O–H groups in total. The lowest BCUT2D eigenvalue weighted by Gasteiger charge is -2.10. The lowest BCUT2D eigenvalue weighted by atomic mass is 10.0. The van der Waals surface area contributed by atoms with Crippen molar-refractivity contribution in [3.05, 3.63) is 127 Å². The fourth-order valence-electron chi connectivity index (χ4n) is 6.32. The van der Waals surface area contributed by atoms with Gasteiger partial charge in [0.15, 0.2) is 0 Å². The Bertz CT molecular complexity index is 2370. The molecule has 0 unspecified atom stereocenters. The number of hydrogen-bond donors (Lipinski definition) is 0. The molecule has 9 rings (SSSR count). The van der Waals surface area contributed by atoms with Gasteiger partial charge in [0, 0.05) is 37.3 Å². The fraction of sp³-hybridized carbons (Fsp3) is 0. The van der Waals surface area contributed by atoms with Crippen LogP contribution < -0.4 is 0 Å². The molecular formula is C36H21NOS. The third-order valence-corrected chi connectivity index (χ3v) is 9.17. The molecule has 0 saturated carbocycles.